The molecule has 106 valence electrons. The topological polar surface area (TPSA) is 67.2 Å². The van der Waals surface area contributed by atoms with Crippen molar-refractivity contribution in [1.29, 1.82) is 0 Å². The number of hydrazine groups is 1. The van der Waals surface area contributed by atoms with Crippen LogP contribution in [0.4, 0.5) is 0 Å². The van der Waals surface area contributed by atoms with E-state index in [0.717, 1.165) is 13.0 Å². The molecule has 20 heavy (non-hydrogen) atoms. The van der Waals surface area contributed by atoms with Crippen molar-refractivity contribution in [3.63, 3.8) is 0 Å². The molecule has 1 aromatic heterocycles. The lowest BCUT2D eigenvalue weighted by Gasteiger charge is -2.16. The van der Waals surface area contributed by atoms with E-state index in [1.54, 1.807) is 23.2 Å². The summed E-state index contributed by atoms with van der Waals surface area (Å²) in [5, 5.41) is 2.09. The van der Waals surface area contributed by atoms with Crippen molar-refractivity contribution in [2.45, 2.75) is 13.0 Å². The minimum atomic E-state index is -0.182. The summed E-state index contributed by atoms with van der Waals surface area (Å²) >= 11 is 0. The maximum absolute atomic E-state index is 12.2. The number of nitrogens with zero attached hydrogens (tertiary/aromatic N) is 3. The average molecular weight is 295 g/mol. The molecule has 1 saturated heterocycles. The molecule has 1 fully saturated rings. The molecule has 0 spiro atoms. The van der Waals surface area contributed by atoms with Gasteiger partial charge in [-0.05, 0) is 18.6 Å². The number of carbonyl (C=O) groups is 1. The van der Waals surface area contributed by atoms with Crippen LogP contribution in [-0.4, -0.2) is 33.6 Å². The number of halogens is 1. The predicted octanol–water partition coefficient (Wildman–Crippen LogP) is 0.555. The molecule has 7 heteroatoms. The highest BCUT2D eigenvalue weighted by atomic mass is 35.5. The molecule has 0 saturated carbocycles. The van der Waals surface area contributed by atoms with Crippen LogP contribution in [0.5, 0.6) is 0 Å². The predicted molar refractivity (Wildman–Crippen MR) is 77.6 cm³/mol. The molecule has 6 nitrogen and oxygen atoms in total. The number of fused-ring (bicyclic) bond motifs is 1. The van der Waals surface area contributed by atoms with E-state index in [9.17, 15) is 9.59 Å². The Morgan fingerprint density at radius 1 is 1.35 bits per heavy atom. The first-order valence-electron chi connectivity index (χ1n) is 6.24. The highest BCUT2D eigenvalue weighted by molar-refractivity contribution is 5.85. The Hall–Kier alpha value is -1.92. The first kappa shape index (κ1) is 14.5. The molecule has 1 amide bonds. The summed E-state index contributed by atoms with van der Waals surface area (Å²) in [4.78, 5) is 28.4. The zero-order valence-corrected chi connectivity index (χ0v) is 11.6. The van der Waals surface area contributed by atoms with E-state index in [2.05, 4.69) is 10.4 Å². The van der Waals surface area contributed by atoms with E-state index in [1.807, 2.05) is 6.07 Å². The number of hydrogen-bond donors (Lipinski definition) is 1. The van der Waals surface area contributed by atoms with Crippen LogP contribution in [0, 0.1) is 0 Å². The fraction of sp³-hybridized carbons (Fsp3) is 0.308. The third-order valence-electron chi connectivity index (χ3n) is 3.20. The summed E-state index contributed by atoms with van der Waals surface area (Å²) in [5.41, 5.74) is 3.45. The molecular weight excluding hydrogens is 280 g/mol. The highest BCUT2D eigenvalue weighted by Gasteiger charge is 2.18. The lowest BCUT2D eigenvalue weighted by atomic mass is 10.2. The van der Waals surface area contributed by atoms with E-state index in [1.165, 1.54) is 10.9 Å². The Bertz CT molecular complexity index is 679. The maximum atomic E-state index is 12.2. The van der Waals surface area contributed by atoms with Crippen LogP contribution in [0.15, 0.2) is 35.4 Å². The van der Waals surface area contributed by atoms with Crippen LogP contribution in [0.3, 0.4) is 0 Å². The quantitative estimate of drug-likeness (QED) is 0.879. The van der Waals surface area contributed by atoms with Gasteiger partial charge in [-0.3, -0.25) is 19.2 Å². The first-order valence-corrected chi connectivity index (χ1v) is 6.24. The Morgan fingerprint density at radius 2 is 2.15 bits per heavy atom. The van der Waals surface area contributed by atoms with Gasteiger partial charge in [-0.15, -0.1) is 12.4 Å². The summed E-state index contributed by atoms with van der Waals surface area (Å²) in [7, 11) is 0. The van der Waals surface area contributed by atoms with E-state index in [-0.39, 0.29) is 30.4 Å². The van der Waals surface area contributed by atoms with Gasteiger partial charge in [0, 0.05) is 13.1 Å². The normalized spacial score (nSPS) is 14.3. The molecule has 2 heterocycles. The van der Waals surface area contributed by atoms with Gasteiger partial charge < -0.3 is 0 Å². The third kappa shape index (κ3) is 2.66. The number of rotatable bonds is 2. The van der Waals surface area contributed by atoms with E-state index >= 15 is 0 Å². The summed E-state index contributed by atoms with van der Waals surface area (Å²) in [6.07, 6.45) is 2.37. The zero-order chi connectivity index (χ0) is 13.2. The van der Waals surface area contributed by atoms with Gasteiger partial charge in [0.05, 0.1) is 17.2 Å². The van der Waals surface area contributed by atoms with Crippen molar-refractivity contribution >= 4 is 29.2 Å². The second-order valence-corrected chi connectivity index (χ2v) is 4.50. The molecule has 0 atom stereocenters. The minimum Gasteiger partial charge on any atom is -0.289 e. The van der Waals surface area contributed by atoms with Gasteiger partial charge in [-0.1, -0.05) is 12.1 Å². The van der Waals surface area contributed by atoms with Crippen LogP contribution in [0.25, 0.3) is 10.9 Å². The van der Waals surface area contributed by atoms with Crippen LogP contribution in [0.1, 0.15) is 6.42 Å². The largest absolute Gasteiger partial charge is 0.289 e. The van der Waals surface area contributed by atoms with Crippen molar-refractivity contribution < 1.29 is 4.79 Å². The van der Waals surface area contributed by atoms with Crippen LogP contribution in [0.2, 0.25) is 0 Å². The van der Waals surface area contributed by atoms with E-state index < -0.39 is 0 Å². The van der Waals surface area contributed by atoms with E-state index in [4.69, 9.17) is 0 Å². The number of para-hydroxylation sites is 1. The summed E-state index contributed by atoms with van der Waals surface area (Å²) in [5.74, 6) is -0.114. The van der Waals surface area contributed by atoms with E-state index in [0.29, 0.717) is 17.4 Å². The molecule has 0 aliphatic carbocycles. The minimum absolute atomic E-state index is 0. The fourth-order valence-electron chi connectivity index (χ4n) is 2.19. The Labute approximate surface area is 121 Å². The Balaban J connectivity index is 0.00000147. The molecule has 1 N–H and O–H groups in total. The van der Waals surface area contributed by atoms with Crippen molar-refractivity contribution in [2.75, 3.05) is 13.1 Å². The van der Waals surface area contributed by atoms with Crippen LogP contribution >= 0.6 is 12.4 Å². The lowest BCUT2D eigenvalue weighted by Crippen LogP contribution is -2.40. The molecule has 1 aliphatic heterocycles. The Morgan fingerprint density at radius 3 is 2.90 bits per heavy atom. The van der Waals surface area contributed by atoms with Crippen LogP contribution in [-0.2, 0) is 11.3 Å². The van der Waals surface area contributed by atoms with Gasteiger partial charge in [-0.25, -0.2) is 10.4 Å². The average Bonchev–Trinajstić information content (AvgIpc) is 2.96. The first-order chi connectivity index (χ1) is 9.25. The van der Waals surface area contributed by atoms with Crippen molar-refractivity contribution in [2.24, 2.45) is 0 Å². The van der Waals surface area contributed by atoms with Gasteiger partial charge in [0.15, 0.2) is 0 Å². The second kappa shape index (κ2) is 6.02. The zero-order valence-electron chi connectivity index (χ0n) is 10.8. The SMILES string of the molecule is Cl.O=C(Cn1cnc2ccccc2c1=O)N1CCCN1. The standard InChI is InChI=1S/C13H14N4O2.ClH/c18-12(17-7-3-6-15-17)8-16-9-14-11-5-2-1-4-10(11)13(16)19;/h1-2,4-5,9,15H,3,6-8H2;1H. The smallest absolute Gasteiger partial charge is 0.261 e. The monoisotopic (exact) mass is 294 g/mol. The third-order valence-corrected chi connectivity index (χ3v) is 3.20. The molecule has 1 aliphatic rings. The number of aromatic nitrogens is 2. The van der Waals surface area contributed by atoms with Gasteiger partial charge in [-0.2, -0.15) is 0 Å². The molecular formula is C13H15ClN4O2. The molecule has 0 unspecified atom stereocenters. The van der Waals surface area contributed by atoms with Crippen molar-refractivity contribution in [3.8, 4) is 0 Å². The lowest BCUT2D eigenvalue weighted by molar-refractivity contribution is -0.133. The molecule has 1 aromatic carbocycles. The summed E-state index contributed by atoms with van der Waals surface area (Å²) in [6, 6.07) is 7.13. The number of benzene rings is 1. The van der Waals surface area contributed by atoms with Crippen LogP contribution < -0.4 is 11.0 Å². The molecule has 0 radical (unpaired) electrons. The number of hydrogen-bond acceptors (Lipinski definition) is 4. The Kier molecular flexibility index (Phi) is 4.36. The molecule has 0 bridgehead atoms. The summed E-state index contributed by atoms with van der Waals surface area (Å²) < 4.78 is 1.35. The van der Waals surface area contributed by atoms with Gasteiger partial charge in [0.1, 0.15) is 6.54 Å². The maximum Gasteiger partial charge on any atom is 0.261 e. The van der Waals surface area contributed by atoms with Gasteiger partial charge in [0.25, 0.3) is 11.5 Å². The van der Waals surface area contributed by atoms with Crippen molar-refractivity contribution in [1.82, 2.24) is 20.0 Å². The number of amides is 1. The highest BCUT2D eigenvalue weighted by Crippen LogP contribution is 2.05. The molecule has 2 aromatic rings. The summed E-state index contributed by atoms with van der Waals surface area (Å²) in [6.45, 7) is 1.51. The second-order valence-electron chi connectivity index (χ2n) is 4.50. The number of nitrogens with one attached hydrogen (secondary N) is 1. The fourth-order valence-corrected chi connectivity index (χ4v) is 2.19. The van der Waals surface area contributed by atoms with Gasteiger partial charge >= 0.3 is 0 Å². The number of carbonyl (C=O) groups excluding carboxylic acids is 1. The molecule has 3 rings (SSSR count). The van der Waals surface area contributed by atoms with Crippen molar-refractivity contribution in [3.05, 3.63) is 40.9 Å². The van der Waals surface area contributed by atoms with Gasteiger partial charge in [0.2, 0.25) is 0 Å².